The molecule has 0 saturated carbocycles. The highest BCUT2D eigenvalue weighted by Crippen LogP contribution is 2.34. The Bertz CT molecular complexity index is 870. The van der Waals surface area contributed by atoms with Crippen LogP contribution in [0, 0.1) is 0 Å². The van der Waals surface area contributed by atoms with Gasteiger partial charge >= 0.3 is 6.18 Å². The summed E-state index contributed by atoms with van der Waals surface area (Å²) in [6, 6.07) is 5.11. The highest BCUT2D eigenvalue weighted by atomic mass is 32.1. The lowest BCUT2D eigenvalue weighted by molar-refractivity contribution is -0.137. The number of nitrogens with zero attached hydrogens (tertiary/aromatic N) is 2. The zero-order valence-electron chi connectivity index (χ0n) is 13.1. The summed E-state index contributed by atoms with van der Waals surface area (Å²) >= 11 is 1.22. The monoisotopic (exact) mass is 369 g/mol. The van der Waals surface area contributed by atoms with Gasteiger partial charge in [0.05, 0.1) is 17.0 Å². The molecule has 0 bridgehead atoms. The number of halogens is 3. The minimum absolute atomic E-state index is 0.248. The van der Waals surface area contributed by atoms with E-state index in [0.717, 1.165) is 12.1 Å². The highest BCUT2D eigenvalue weighted by molar-refractivity contribution is 7.20. The number of imidazole rings is 1. The Hall–Kier alpha value is -2.39. The summed E-state index contributed by atoms with van der Waals surface area (Å²) < 4.78 is 45.0. The van der Waals surface area contributed by atoms with Crippen LogP contribution in [0.1, 0.15) is 16.1 Å². The minimum atomic E-state index is -4.39. The Morgan fingerprint density at radius 3 is 2.84 bits per heavy atom. The van der Waals surface area contributed by atoms with Gasteiger partial charge in [-0.15, -0.1) is 0 Å². The van der Waals surface area contributed by atoms with Crippen LogP contribution >= 0.6 is 11.3 Å². The van der Waals surface area contributed by atoms with Crippen LogP contribution in [0.2, 0.25) is 0 Å². The van der Waals surface area contributed by atoms with Gasteiger partial charge in [-0.1, -0.05) is 23.5 Å². The maximum absolute atomic E-state index is 12.8. The first-order valence-electron chi connectivity index (χ1n) is 7.32. The first-order valence-corrected chi connectivity index (χ1v) is 8.13. The molecule has 0 aliphatic rings. The number of nitrogens with one attached hydrogen (secondary N) is 1. The Labute approximate surface area is 145 Å². The van der Waals surface area contributed by atoms with Gasteiger partial charge in [0.15, 0.2) is 4.96 Å². The van der Waals surface area contributed by atoms with E-state index in [0.29, 0.717) is 28.6 Å². The molecule has 0 fully saturated rings. The van der Waals surface area contributed by atoms with Crippen LogP contribution in [0.5, 0.6) is 0 Å². The number of hydrogen-bond acceptors (Lipinski definition) is 4. The molecule has 1 aromatic carbocycles. The standard InChI is InChI=1S/C16H14F3N3O2S/c1-24-6-5-20-14(23)12-8-22-9-13(25-15(22)21-12)10-3-2-4-11(7-10)16(17,18)19/h2-4,7-9H,5-6H2,1H3,(H,20,23). The van der Waals surface area contributed by atoms with E-state index >= 15 is 0 Å². The second kappa shape index (κ2) is 6.85. The van der Waals surface area contributed by atoms with Crippen molar-refractivity contribution in [1.82, 2.24) is 14.7 Å². The molecular formula is C16H14F3N3O2S. The van der Waals surface area contributed by atoms with Crippen molar-refractivity contribution in [2.75, 3.05) is 20.3 Å². The lowest BCUT2D eigenvalue weighted by atomic mass is 10.1. The second-order valence-corrected chi connectivity index (χ2v) is 6.25. The predicted molar refractivity (Wildman–Crippen MR) is 87.7 cm³/mol. The van der Waals surface area contributed by atoms with Crippen molar-refractivity contribution in [2.45, 2.75) is 6.18 Å². The number of aromatic nitrogens is 2. The van der Waals surface area contributed by atoms with E-state index in [1.807, 2.05) is 0 Å². The molecule has 0 atom stereocenters. The fourth-order valence-corrected chi connectivity index (χ4v) is 3.21. The summed E-state index contributed by atoms with van der Waals surface area (Å²) in [5.74, 6) is -0.325. The average molecular weight is 369 g/mol. The second-order valence-electron chi connectivity index (χ2n) is 5.24. The quantitative estimate of drug-likeness (QED) is 0.701. The number of thiazole rings is 1. The van der Waals surface area contributed by atoms with Crippen LogP contribution in [-0.4, -0.2) is 35.6 Å². The van der Waals surface area contributed by atoms with Crippen LogP contribution in [0.3, 0.4) is 0 Å². The molecule has 0 saturated heterocycles. The molecule has 0 radical (unpaired) electrons. The molecule has 3 aromatic rings. The maximum Gasteiger partial charge on any atom is 0.416 e. The van der Waals surface area contributed by atoms with Crippen molar-refractivity contribution in [3.05, 3.63) is 47.9 Å². The lowest BCUT2D eigenvalue weighted by Gasteiger charge is -2.07. The summed E-state index contributed by atoms with van der Waals surface area (Å²) in [6.07, 6.45) is -1.18. The van der Waals surface area contributed by atoms with Gasteiger partial charge in [0, 0.05) is 26.0 Å². The Balaban J connectivity index is 1.83. The van der Waals surface area contributed by atoms with Gasteiger partial charge in [0.25, 0.3) is 5.91 Å². The van der Waals surface area contributed by atoms with E-state index < -0.39 is 11.7 Å². The zero-order valence-corrected chi connectivity index (χ0v) is 13.9. The molecule has 132 valence electrons. The number of amides is 1. The first kappa shape index (κ1) is 17.4. The number of alkyl halides is 3. The summed E-state index contributed by atoms with van der Waals surface area (Å²) in [4.78, 5) is 17.3. The molecule has 1 amide bonds. The molecule has 9 heteroatoms. The van der Waals surface area contributed by atoms with Crippen LogP contribution in [0.15, 0.2) is 36.7 Å². The Morgan fingerprint density at radius 2 is 2.16 bits per heavy atom. The fraction of sp³-hybridized carbons (Fsp3) is 0.250. The molecule has 2 aromatic heterocycles. The molecule has 2 heterocycles. The van der Waals surface area contributed by atoms with Gasteiger partial charge in [-0.2, -0.15) is 13.2 Å². The number of fused-ring (bicyclic) bond motifs is 1. The predicted octanol–water partition coefficient (Wildman–Crippen LogP) is 3.46. The number of carbonyl (C=O) groups excluding carboxylic acids is 1. The number of benzene rings is 1. The Kier molecular flexibility index (Phi) is 4.78. The van der Waals surface area contributed by atoms with E-state index in [9.17, 15) is 18.0 Å². The smallest absolute Gasteiger partial charge is 0.383 e. The van der Waals surface area contributed by atoms with Gasteiger partial charge in [0.1, 0.15) is 5.69 Å². The Morgan fingerprint density at radius 1 is 1.36 bits per heavy atom. The topological polar surface area (TPSA) is 55.6 Å². The number of methoxy groups -OCH3 is 1. The van der Waals surface area contributed by atoms with E-state index in [2.05, 4.69) is 10.3 Å². The molecule has 0 unspecified atom stereocenters. The average Bonchev–Trinajstić information content (AvgIpc) is 3.13. The van der Waals surface area contributed by atoms with Gasteiger partial charge < -0.3 is 10.1 Å². The molecular weight excluding hydrogens is 355 g/mol. The molecule has 1 N–H and O–H groups in total. The van der Waals surface area contributed by atoms with Gasteiger partial charge in [-0.05, 0) is 17.7 Å². The van der Waals surface area contributed by atoms with Crippen LogP contribution in [0.25, 0.3) is 15.4 Å². The zero-order chi connectivity index (χ0) is 18.0. The molecule has 0 aliphatic heterocycles. The summed E-state index contributed by atoms with van der Waals surface area (Å²) in [5, 5.41) is 2.66. The van der Waals surface area contributed by atoms with E-state index in [1.54, 1.807) is 22.9 Å². The third kappa shape index (κ3) is 3.83. The third-order valence-electron chi connectivity index (χ3n) is 3.45. The summed E-state index contributed by atoms with van der Waals surface area (Å²) in [5.41, 5.74) is 0.00335. The van der Waals surface area contributed by atoms with Crippen molar-refractivity contribution in [2.24, 2.45) is 0 Å². The SMILES string of the molecule is COCCNC(=O)c1cn2cc(-c3cccc(C(F)(F)F)c3)sc2n1. The first-order chi connectivity index (χ1) is 11.9. The maximum atomic E-state index is 12.8. The number of hydrogen-bond donors (Lipinski definition) is 1. The lowest BCUT2D eigenvalue weighted by Crippen LogP contribution is -2.27. The largest absolute Gasteiger partial charge is 0.416 e. The van der Waals surface area contributed by atoms with Crippen molar-refractivity contribution < 1.29 is 22.7 Å². The van der Waals surface area contributed by atoms with Crippen molar-refractivity contribution >= 4 is 22.2 Å². The van der Waals surface area contributed by atoms with Gasteiger partial charge in [0.2, 0.25) is 0 Å². The fourth-order valence-electron chi connectivity index (χ4n) is 2.24. The molecule has 25 heavy (non-hydrogen) atoms. The van der Waals surface area contributed by atoms with Crippen molar-refractivity contribution in [3.63, 3.8) is 0 Å². The number of carbonyl (C=O) groups is 1. The number of ether oxygens (including phenoxy) is 1. The summed E-state index contributed by atoms with van der Waals surface area (Å²) in [7, 11) is 1.54. The third-order valence-corrected chi connectivity index (χ3v) is 4.50. The van der Waals surface area contributed by atoms with Gasteiger partial charge in [-0.25, -0.2) is 4.98 Å². The molecule has 5 nitrogen and oxygen atoms in total. The molecule has 3 rings (SSSR count). The van der Waals surface area contributed by atoms with Crippen molar-refractivity contribution in [3.8, 4) is 10.4 Å². The highest BCUT2D eigenvalue weighted by Gasteiger charge is 2.30. The van der Waals surface area contributed by atoms with E-state index in [-0.39, 0.29) is 11.6 Å². The summed E-state index contributed by atoms with van der Waals surface area (Å²) in [6.45, 7) is 0.768. The normalized spacial score (nSPS) is 11.8. The van der Waals surface area contributed by atoms with E-state index in [1.165, 1.54) is 24.5 Å². The van der Waals surface area contributed by atoms with Crippen LogP contribution < -0.4 is 5.32 Å². The van der Waals surface area contributed by atoms with E-state index in [4.69, 9.17) is 4.74 Å². The van der Waals surface area contributed by atoms with Crippen molar-refractivity contribution in [1.29, 1.82) is 0 Å². The molecule has 0 aliphatic carbocycles. The van der Waals surface area contributed by atoms with Crippen LogP contribution in [-0.2, 0) is 10.9 Å². The van der Waals surface area contributed by atoms with Gasteiger partial charge in [-0.3, -0.25) is 9.20 Å². The minimum Gasteiger partial charge on any atom is -0.383 e. The number of rotatable bonds is 5. The molecule has 0 spiro atoms. The van der Waals surface area contributed by atoms with Crippen LogP contribution in [0.4, 0.5) is 13.2 Å².